The summed E-state index contributed by atoms with van der Waals surface area (Å²) in [6, 6.07) is 11.0. The predicted molar refractivity (Wildman–Crippen MR) is 76.9 cm³/mol. The van der Waals surface area contributed by atoms with E-state index in [9.17, 15) is 9.59 Å². The molecule has 7 heteroatoms. The van der Waals surface area contributed by atoms with Crippen molar-refractivity contribution in [1.82, 2.24) is 21.0 Å². The molecule has 7 nitrogen and oxygen atoms in total. The van der Waals surface area contributed by atoms with Gasteiger partial charge in [-0.05, 0) is 11.6 Å². The van der Waals surface area contributed by atoms with Gasteiger partial charge in [0.1, 0.15) is 5.82 Å². The first kappa shape index (κ1) is 16.3. The maximum atomic E-state index is 11.8. The van der Waals surface area contributed by atoms with E-state index in [4.69, 9.17) is 5.73 Å². The fourth-order valence-electron chi connectivity index (χ4n) is 1.74. The molecule has 0 saturated heterocycles. The van der Waals surface area contributed by atoms with Crippen molar-refractivity contribution in [2.24, 2.45) is 5.73 Å². The minimum Gasteiger partial charge on any atom is -0.361 e. The lowest BCUT2D eigenvalue weighted by Gasteiger charge is -2.20. The van der Waals surface area contributed by atoms with Crippen molar-refractivity contribution in [1.29, 1.82) is 0 Å². The zero-order valence-corrected chi connectivity index (χ0v) is 11.5. The lowest BCUT2D eigenvalue weighted by atomic mass is 10.2. The summed E-state index contributed by atoms with van der Waals surface area (Å²) in [7, 11) is 0. The van der Waals surface area contributed by atoms with Gasteiger partial charge in [-0.1, -0.05) is 30.3 Å². The second-order valence-electron chi connectivity index (χ2n) is 4.18. The molecule has 0 fully saturated rings. The molecule has 0 spiro atoms. The highest BCUT2D eigenvalue weighted by Gasteiger charge is 2.20. The van der Waals surface area contributed by atoms with Crippen molar-refractivity contribution in [2.45, 2.75) is 13.1 Å². The Balaban J connectivity index is 0.00000220. The van der Waals surface area contributed by atoms with Gasteiger partial charge in [0.15, 0.2) is 0 Å². The van der Waals surface area contributed by atoms with Gasteiger partial charge in [0, 0.05) is 18.9 Å². The Kier molecular flexibility index (Phi) is 5.97. The average molecular weight is 287 g/mol. The average Bonchev–Trinajstić information content (AvgIpc) is 2.48. The third-order valence-electron chi connectivity index (χ3n) is 2.67. The third-order valence-corrected chi connectivity index (χ3v) is 2.67. The van der Waals surface area contributed by atoms with Gasteiger partial charge in [0.2, 0.25) is 0 Å². The Morgan fingerprint density at radius 2 is 1.62 bits per heavy atom. The molecule has 1 aromatic heterocycles. The van der Waals surface area contributed by atoms with Gasteiger partial charge in [0.25, 0.3) is 0 Å². The molecule has 0 aliphatic carbocycles. The largest absolute Gasteiger partial charge is 0.361 e. The van der Waals surface area contributed by atoms with E-state index < -0.39 is 11.8 Å². The molecule has 1 aromatic carbocycles. The van der Waals surface area contributed by atoms with Gasteiger partial charge in [-0.25, -0.2) is 9.97 Å². The fraction of sp³-hybridized carbons (Fsp3) is 0.143. The first-order chi connectivity index (χ1) is 9.66. The summed E-state index contributed by atoms with van der Waals surface area (Å²) < 4.78 is 0. The molecule has 2 aromatic rings. The molecule has 0 radical (unpaired) electrons. The van der Waals surface area contributed by atoms with E-state index >= 15 is 0 Å². The van der Waals surface area contributed by atoms with Crippen LogP contribution in [0.2, 0.25) is 0 Å². The highest BCUT2D eigenvalue weighted by atomic mass is 16.2. The summed E-state index contributed by atoms with van der Waals surface area (Å²) in [6.45, 7) is 0.415. The monoisotopic (exact) mass is 287 g/mol. The van der Waals surface area contributed by atoms with Crippen molar-refractivity contribution in [2.75, 3.05) is 0 Å². The van der Waals surface area contributed by atoms with Crippen LogP contribution in [0.5, 0.6) is 0 Å². The van der Waals surface area contributed by atoms with Crippen molar-refractivity contribution in [3.8, 4) is 0 Å². The number of benzene rings is 1. The number of amides is 2. The molecule has 2 rings (SSSR count). The summed E-state index contributed by atoms with van der Waals surface area (Å²) in [5.74, 6) is -1.28. The number of hydrogen-bond donors (Lipinski definition) is 2. The van der Waals surface area contributed by atoms with E-state index in [1.54, 1.807) is 18.5 Å². The molecule has 2 amide bonds. The van der Waals surface area contributed by atoms with E-state index in [1.165, 1.54) is 4.90 Å². The standard InChI is InChI=1S/C14H14N4O2.H3N/c15-13(19)14(20)18(9-11-5-2-1-3-6-11)10-12-16-7-4-8-17-12;/h1-8H,9-10H2,(H2,15,19);1H3. The molecule has 0 bridgehead atoms. The summed E-state index contributed by atoms with van der Waals surface area (Å²) in [4.78, 5) is 32.4. The maximum absolute atomic E-state index is 11.8. The van der Waals surface area contributed by atoms with E-state index in [0.717, 1.165) is 5.56 Å². The van der Waals surface area contributed by atoms with E-state index in [2.05, 4.69) is 9.97 Å². The Labute approximate surface area is 122 Å². The molecule has 0 atom stereocenters. The highest BCUT2D eigenvalue weighted by Crippen LogP contribution is 2.07. The number of carbonyl (C=O) groups excluding carboxylic acids is 2. The van der Waals surface area contributed by atoms with Gasteiger partial charge in [-0.2, -0.15) is 0 Å². The summed E-state index contributed by atoms with van der Waals surface area (Å²) >= 11 is 0. The van der Waals surface area contributed by atoms with Crippen LogP contribution in [0.1, 0.15) is 11.4 Å². The molecular weight excluding hydrogens is 270 g/mol. The molecule has 0 unspecified atom stereocenters. The molecule has 0 saturated carbocycles. The van der Waals surface area contributed by atoms with Gasteiger partial charge in [-0.15, -0.1) is 0 Å². The van der Waals surface area contributed by atoms with Gasteiger partial charge in [-0.3, -0.25) is 9.59 Å². The van der Waals surface area contributed by atoms with Crippen LogP contribution in [0.25, 0.3) is 0 Å². The Morgan fingerprint density at radius 3 is 2.19 bits per heavy atom. The highest BCUT2D eigenvalue weighted by molar-refractivity contribution is 6.34. The molecule has 0 aliphatic rings. The van der Waals surface area contributed by atoms with Crippen LogP contribution in [-0.4, -0.2) is 26.7 Å². The minimum absolute atomic E-state index is 0. The number of aromatic nitrogens is 2. The Morgan fingerprint density at radius 1 is 1.00 bits per heavy atom. The molecule has 5 N–H and O–H groups in total. The minimum atomic E-state index is -0.989. The van der Waals surface area contributed by atoms with Crippen molar-refractivity contribution >= 4 is 11.8 Å². The third kappa shape index (κ3) is 4.66. The smallest absolute Gasteiger partial charge is 0.312 e. The van der Waals surface area contributed by atoms with E-state index in [-0.39, 0.29) is 19.2 Å². The predicted octanol–water partition coefficient (Wildman–Crippen LogP) is 0.653. The molecule has 1 heterocycles. The summed E-state index contributed by atoms with van der Waals surface area (Å²) in [5, 5.41) is 0. The summed E-state index contributed by atoms with van der Waals surface area (Å²) in [6.07, 6.45) is 3.16. The number of primary amides is 1. The van der Waals surface area contributed by atoms with Crippen LogP contribution >= 0.6 is 0 Å². The first-order valence-electron chi connectivity index (χ1n) is 6.05. The maximum Gasteiger partial charge on any atom is 0.312 e. The quantitative estimate of drug-likeness (QED) is 0.799. The zero-order chi connectivity index (χ0) is 14.4. The number of rotatable bonds is 4. The second kappa shape index (κ2) is 7.71. The van der Waals surface area contributed by atoms with Crippen LogP contribution in [0.4, 0.5) is 0 Å². The Bertz CT molecular complexity index is 547. The zero-order valence-electron chi connectivity index (χ0n) is 11.5. The lowest BCUT2D eigenvalue weighted by Crippen LogP contribution is -2.39. The topological polar surface area (TPSA) is 124 Å². The Hall–Kier alpha value is -2.80. The van der Waals surface area contributed by atoms with Crippen LogP contribution in [0.3, 0.4) is 0 Å². The first-order valence-corrected chi connectivity index (χ1v) is 6.05. The molecule has 110 valence electrons. The van der Waals surface area contributed by atoms with Gasteiger partial charge in [0.05, 0.1) is 6.54 Å². The van der Waals surface area contributed by atoms with Crippen LogP contribution in [-0.2, 0) is 22.7 Å². The number of hydrogen-bond acceptors (Lipinski definition) is 5. The van der Waals surface area contributed by atoms with Crippen molar-refractivity contribution < 1.29 is 9.59 Å². The van der Waals surface area contributed by atoms with Gasteiger partial charge < -0.3 is 16.8 Å². The van der Waals surface area contributed by atoms with Crippen LogP contribution in [0.15, 0.2) is 48.8 Å². The van der Waals surface area contributed by atoms with Crippen molar-refractivity contribution in [3.63, 3.8) is 0 Å². The van der Waals surface area contributed by atoms with Crippen LogP contribution in [0, 0.1) is 0 Å². The molecular formula is C14H17N5O2. The van der Waals surface area contributed by atoms with E-state index in [1.807, 2.05) is 30.3 Å². The molecule has 21 heavy (non-hydrogen) atoms. The summed E-state index contributed by atoms with van der Waals surface area (Å²) in [5.41, 5.74) is 5.97. The second-order valence-corrected chi connectivity index (χ2v) is 4.18. The fourth-order valence-corrected chi connectivity index (χ4v) is 1.74. The number of nitrogens with zero attached hydrogens (tertiary/aromatic N) is 3. The van der Waals surface area contributed by atoms with Crippen LogP contribution < -0.4 is 11.9 Å². The SMILES string of the molecule is N.NC(=O)C(=O)N(Cc1ccccc1)Cc1ncccn1. The van der Waals surface area contributed by atoms with Gasteiger partial charge >= 0.3 is 11.8 Å². The number of nitrogens with two attached hydrogens (primary N) is 1. The lowest BCUT2D eigenvalue weighted by molar-refractivity contribution is -0.145. The van der Waals surface area contributed by atoms with Crippen molar-refractivity contribution in [3.05, 3.63) is 60.2 Å². The number of carbonyl (C=O) groups is 2. The normalized spacial score (nSPS) is 9.52. The van der Waals surface area contributed by atoms with E-state index in [0.29, 0.717) is 5.82 Å². The molecule has 0 aliphatic heterocycles.